The SMILES string of the molecule is Cc1ccccc1N(CCCN)Cc1ccc(F)cc1. The first-order valence-corrected chi connectivity index (χ1v) is 6.96. The Kier molecular flexibility index (Phi) is 5.13. The molecule has 0 aliphatic heterocycles. The number of aryl methyl sites for hydroxylation is 1. The van der Waals surface area contributed by atoms with Gasteiger partial charge in [0.1, 0.15) is 5.82 Å². The van der Waals surface area contributed by atoms with E-state index in [-0.39, 0.29) is 5.82 Å². The first-order valence-electron chi connectivity index (χ1n) is 6.96. The van der Waals surface area contributed by atoms with Crippen LogP contribution in [0.5, 0.6) is 0 Å². The molecule has 2 nitrogen and oxygen atoms in total. The van der Waals surface area contributed by atoms with Gasteiger partial charge in [-0.2, -0.15) is 0 Å². The number of benzene rings is 2. The maximum atomic E-state index is 13.0. The fourth-order valence-electron chi connectivity index (χ4n) is 2.30. The lowest BCUT2D eigenvalue weighted by Crippen LogP contribution is -2.26. The van der Waals surface area contributed by atoms with Crippen molar-refractivity contribution in [1.82, 2.24) is 0 Å². The number of hydrogen-bond donors (Lipinski definition) is 1. The van der Waals surface area contributed by atoms with E-state index in [0.29, 0.717) is 6.54 Å². The lowest BCUT2D eigenvalue weighted by molar-refractivity contribution is 0.626. The summed E-state index contributed by atoms with van der Waals surface area (Å²) < 4.78 is 13.0. The molecule has 0 atom stereocenters. The highest BCUT2D eigenvalue weighted by atomic mass is 19.1. The summed E-state index contributed by atoms with van der Waals surface area (Å²) in [6.07, 6.45) is 0.940. The molecule has 0 aliphatic rings. The molecule has 0 aromatic heterocycles. The molecule has 2 aromatic carbocycles. The van der Waals surface area contributed by atoms with Gasteiger partial charge >= 0.3 is 0 Å². The van der Waals surface area contributed by atoms with Crippen LogP contribution in [0.3, 0.4) is 0 Å². The molecule has 106 valence electrons. The van der Waals surface area contributed by atoms with Crippen LogP contribution in [-0.2, 0) is 6.54 Å². The predicted molar refractivity (Wildman–Crippen MR) is 82.3 cm³/mol. The molecule has 0 unspecified atom stereocenters. The van der Waals surface area contributed by atoms with Crippen LogP contribution in [-0.4, -0.2) is 13.1 Å². The molecule has 0 fully saturated rings. The van der Waals surface area contributed by atoms with Gasteiger partial charge in [-0.15, -0.1) is 0 Å². The van der Waals surface area contributed by atoms with E-state index in [9.17, 15) is 4.39 Å². The van der Waals surface area contributed by atoms with E-state index in [4.69, 9.17) is 5.73 Å². The van der Waals surface area contributed by atoms with Gasteiger partial charge in [0.15, 0.2) is 0 Å². The number of para-hydroxylation sites is 1. The zero-order valence-corrected chi connectivity index (χ0v) is 11.8. The molecule has 0 amide bonds. The minimum atomic E-state index is -0.196. The molecule has 0 bridgehead atoms. The molecule has 0 saturated heterocycles. The maximum absolute atomic E-state index is 13.0. The van der Waals surface area contributed by atoms with Gasteiger partial charge in [-0.1, -0.05) is 30.3 Å². The average Bonchev–Trinajstić information content (AvgIpc) is 2.46. The van der Waals surface area contributed by atoms with Crippen LogP contribution in [0.2, 0.25) is 0 Å². The van der Waals surface area contributed by atoms with Crippen molar-refractivity contribution in [2.45, 2.75) is 19.9 Å². The first-order chi connectivity index (χ1) is 9.70. The highest BCUT2D eigenvalue weighted by molar-refractivity contribution is 5.53. The second-order valence-corrected chi connectivity index (χ2v) is 4.98. The molecule has 2 N–H and O–H groups in total. The third-order valence-corrected chi connectivity index (χ3v) is 3.37. The minimum Gasteiger partial charge on any atom is -0.367 e. The number of nitrogens with zero attached hydrogens (tertiary/aromatic N) is 1. The summed E-state index contributed by atoms with van der Waals surface area (Å²) in [5.41, 5.74) is 9.19. The molecule has 3 heteroatoms. The highest BCUT2D eigenvalue weighted by Crippen LogP contribution is 2.22. The number of halogens is 1. The summed E-state index contributed by atoms with van der Waals surface area (Å²) in [4.78, 5) is 2.30. The smallest absolute Gasteiger partial charge is 0.123 e. The molecule has 0 saturated carbocycles. The molecule has 2 aromatic rings. The Morgan fingerprint density at radius 2 is 1.75 bits per heavy atom. The molecule has 0 heterocycles. The predicted octanol–water partition coefficient (Wildman–Crippen LogP) is 3.49. The Hall–Kier alpha value is -1.87. The monoisotopic (exact) mass is 272 g/mol. The van der Waals surface area contributed by atoms with Crippen LogP contribution in [0.1, 0.15) is 17.5 Å². The van der Waals surface area contributed by atoms with E-state index < -0.39 is 0 Å². The maximum Gasteiger partial charge on any atom is 0.123 e. The van der Waals surface area contributed by atoms with Gasteiger partial charge < -0.3 is 10.6 Å². The average molecular weight is 272 g/mol. The Labute approximate surface area is 120 Å². The van der Waals surface area contributed by atoms with Crippen molar-refractivity contribution in [3.63, 3.8) is 0 Å². The molecule has 0 radical (unpaired) electrons. The fraction of sp³-hybridized carbons (Fsp3) is 0.294. The molecule has 2 rings (SSSR count). The van der Waals surface area contributed by atoms with Crippen molar-refractivity contribution < 1.29 is 4.39 Å². The zero-order chi connectivity index (χ0) is 14.4. The van der Waals surface area contributed by atoms with Crippen molar-refractivity contribution >= 4 is 5.69 Å². The van der Waals surface area contributed by atoms with Gasteiger partial charge in [-0.25, -0.2) is 4.39 Å². The minimum absolute atomic E-state index is 0.196. The van der Waals surface area contributed by atoms with E-state index >= 15 is 0 Å². The lowest BCUT2D eigenvalue weighted by Gasteiger charge is -2.26. The summed E-state index contributed by atoms with van der Waals surface area (Å²) in [6, 6.07) is 15.0. The molecule has 20 heavy (non-hydrogen) atoms. The first kappa shape index (κ1) is 14.5. The standard InChI is InChI=1S/C17H21FN2/c1-14-5-2-3-6-17(14)20(12-4-11-19)13-15-7-9-16(18)10-8-15/h2-3,5-10H,4,11-13,19H2,1H3. The van der Waals surface area contributed by atoms with E-state index in [2.05, 4.69) is 24.0 Å². The number of nitrogens with two attached hydrogens (primary N) is 1. The van der Waals surface area contributed by atoms with Crippen molar-refractivity contribution in [2.75, 3.05) is 18.0 Å². The number of anilines is 1. The Balaban J connectivity index is 2.19. The van der Waals surface area contributed by atoms with Gasteiger partial charge in [0.2, 0.25) is 0 Å². The van der Waals surface area contributed by atoms with Crippen molar-refractivity contribution in [3.8, 4) is 0 Å². The second-order valence-electron chi connectivity index (χ2n) is 4.98. The van der Waals surface area contributed by atoms with Crippen LogP contribution in [0.15, 0.2) is 48.5 Å². The van der Waals surface area contributed by atoms with Gasteiger partial charge in [-0.05, 0) is 49.2 Å². The Morgan fingerprint density at radius 1 is 1.05 bits per heavy atom. The summed E-state index contributed by atoms with van der Waals surface area (Å²) >= 11 is 0. The largest absolute Gasteiger partial charge is 0.367 e. The summed E-state index contributed by atoms with van der Waals surface area (Å²) in [7, 11) is 0. The van der Waals surface area contributed by atoms with Crippen LogP contribution in [0.25, 0.3) is 0 Å². The molecular formula is C17H21FN2. The molecule has 0 aliphatic carbocycles. The topological polar surface area (TPSA) is 29.3 Å². The van der Waals surface area contributed by atoms with Crippen LogP contribution >= 0.6 is 0 Å². The van der Waals surface area contributed by atoms with Crippen molar-refractivity contribution in [3.05, 3.63) is 65.5 Å². The normalized spacial score (nSPS) is 10.6. The van der Waals surface area contributed by atoms with Gasteiger partial charge in [0, 0.05) is 18.8 Å². The lowest BCUT2D eigenvalue weighted by atomic mass is 10.1. The number of hydrogen-bond acceptors (Lipinski definition) is 2. The van der Waals surface area contributed by atoms with E-state index in [1.807, 2.05) is 24.3 Å². The van der Waals surface area contributed by atoms with Crippen LogP contribution in [0.4, 0.5) is 10.1 Å². The highest BCUT2D eigenvalue weighted by Gasteiger charge is 2.09. The summed E-state index contributed by atoms with van der Waals surface area (Å²) in [5, 5.41) is 0. The van der Waals surface area contributed by atoms with Gasteiger partial charge in [0.25, 0.3) is 0 Å². The molecular weight excluding hydrogens is 251 g/mol. The quantitative estimate of drug-likeness (QED) is 0.872. The number of rotatable bonds is 6. The molecule has 0 spiro atoms. The van der Waals surface area contributed by atoms with E-state index in [0.717, 1.165) is 25.1 Å². The summed E-state index contributed by atoms with van der Waals surface area (Å²) in [6.45, 7) is 4.45. The third-order valence-electron chi connectivity index (χ3n) is 3.37. The summed E-state index contributed by atoms with van der Waals surface area (Å²) in [5.74, 6) is -0.196. The third kappa shape index (κ3) is 3.81. The van der Waals surface area contributed by atoms with Crippen LogP contribution < -0.4 is 10.6 Å². The van der Waals surface area contributed by atoms with Crippen LogP contribution in [0, 0.1) is 12.7 Å². The van der Waals surface area contributed by atoms with Gasteiger partial charge in [0.05, 0.1) is 0 Å². The Morgan fingerprint density at radius 3 is 2.40 bits per heavy atom. The van der Waals surface area contributed by atoms with Crippen molar-refractivity contribution in [2.24, 2.45) is 5.73 Å². The fourth-order valence-corrected chi connectivity index (χ4v) is 2.30. The van der Waals surface area contributed by atoms with Gasteiger partial charge in [-0.3, -0.25) is 0 Å². The second kappa shape index (κ2) is 7.06. The van der Waals surface area contributed by atoms with E-state index in [1.54, 1.807) is 0 Å². The Bertz CT molecular complexity index is 537. The zero-order valence-electron chi connectivity index (χ0n) is 11.8. The van der Waals surface area contributed by atoms with E-state index in [1.165, 1.54) is 23.4 Å². The van der Waals surface area contributed by atoms with Crippen molar-refractivity contribution in [1.29, 1.82) is 0 Å².